The fourth-order valence-electron chi connectivity index (χ4n) is 1.76. The lowest BCUT2D eigenvalue weighted by Gasteiger charge is -2.10. The summed E-state index contributed by atoms with van der Waals surface area (Å²) in [4.78, 5) is 18.1. The van der Waals surface area contributed by atoms with Gasteiger partial charge in [0.1, 0.15) is 17.8 Å². The summed E-state index contributed by atoms with van der Waals surface area (Å²) in [5, 5.41) is 11.1. The monoisotopic (exact) mass is 276 g/mol. The molecule has 0 aliphatic heterocycles. The molecule has 1 aromatic carbocycles. The number of ether oxygens (including phenoxy) is 2. The molecular weight excluding hydrogens is 264 g/mol. The van der Waals surface area contributed by atoms with Gasteiger partial charge in [-0.25, -0.2) is 9.97 Å². The Hall–Kier alpha value is -2.90. The zero-order valence-corrected chi connectivity index (χ0v) is 10.9. The van der Waals surface area contributed by atoms with Gasteiger partial charge in [0.05, 0.1) is 19.1 Å². The molecule has 8 heteroatoms. The predicted octanol–water partition coefficient (Wildman–Crippen LogP) is 1.65. The number of hydrogen-bond donors (Lipinski definition) is 1. The SMILES string of the molecule is COc1ccc(-c2ncnc(N)c2[N+](=O)[O-])c(OC)c1. The second kappa shape index (κ2) is 5.39. The number of rotatable bonds is 4. The van der Waals surface area contributed by atoms with Gasteiger partial charge in [-0.15, -0.1) is 0 Å². The molecule has 2 aromatic rings. The van der Waals surface area contributed by atoms with Crippen molar-refractivity contribution in [2.75, 3.05) is 20.0 Å². The number of nitrogens with two attached hydrogens (primary N) is 1. The third-order valence-electron chi connectivity index (χ3n) is 2.70. The number of methoxy groups -OCH3 is 2. The lowest BCUT2D eigenvalue weighted by Crippen LogP contribution is -2.03. The molecule has 0 aliphatic carbocycles. The molecule has 8 nitrogen and oxygen atoms in total. The largest absolute Gasteiger partial charge is 0.497 e. The molecular formula is C12H12N4O4. The van der Waals surface area contributed by atoms with Gasteiger partial charge in [-0.05, 0) is 12.1 Å². The van der Waals surface area contributed by atoms with Gasteiger partial charge in [-0.1, -0.05) is 0 Å². The van der Waals surface area contributed by atoms with Gasteiger partial charge in [0.15, 0.2) is 5.69 Å². The average molecular weight is 276 g/mol. The minimum absolute atomic E-state index is 0.0991. The molecule has 0 radical (unpaired) electrons. The maximum absolute atomic E-state index is 11.1. The van der Waals surface area contributed by atoms with Crippen LogP contribution >= 0.6 is 0 Å². The van der Waals surface area contributed by atoms with Crippen LogP contribution in [0, 0.1) is 10.1 Å². The molecule has 2 rings (SSSR count). The summed E-state index contributed by atoms with van der Waals surface area (Å²) in [5.41, 5.74) is 5.74. The van der Waals surface area contributed by atoms with Crippen molar-refractivity contribution in [2.24, 2.45) is 0 Å². The molecule has 0 spiro atoms. The van der Waals surface area contributed by atoms with Crippen molar-refractivity contribution in [3.63, 3.8) is 0 Å². The number of nitrogen functional groups attached to an aromatic ring is 1. The number of benzene rings is 1. The smallest absolute Gasteiger partial charge is 0.337 e. The lowest BCUT2D eigenvalue weighted by molar-refractivity contribution is -0.383. The van der Waals surface area contributed by atoms with Gasteiger partial charge in [0, 0.05) is 11.6 Å². The molecule has 0 bridgehead atoms. The highest BCUT2D eigenvalue weighted by molar-refractivity contribution is 5.79. The maximum atomic E-state index is 11.1. The number of nitrogens with zero attached hydrogens (tertiary/aromatic N) is 3. The van der Waals surface area contributed by atoms with E-state index in [1.165, 1.54) is 20.5 Å². The Morgan fingerprint density at radius 2 is 2.00 bits per heavy atom. The van der Waals surface area contributed by atoms with Crippen molar-refractivity contribution >= 4 is 11.5 Å². The third kappa shape index (κ3) is 2.30. The van der Waals surface area contributed by atoms with Gasteiger partial charge in [0.2, 0.25) is 5.82 Å². The van der Waals surface area contributed by atoms with Crippen LogP contribution in [0.4, 0.5) is 11.5 Å². The van der Waals surface area contributed by atoms with Crippen molar-refractivity contribution in [1.82, 2.24) is 9.97 Å². The van der Waals surface area contributed by atoms with Crippen molar-refractivity contribution in [3.05, 3.63) is 34.6 Å². The Morgan fingerprint density at radius 3 is 2.60 bits per heavy atom. The van der Waals surface area contributed by atoms with E-state index >= 15 is 0 Å². The Balaban J connectivity index is 2.68. The van der Waals surface area contributed by atoms with E-state index < -0.39 is 4.92 Å². The minimum atomic E-state index is -0.617. The Morgan fingerprint density at radius 1 is 1.25 bits per heavy atom. The number of nitro groups is 1. The lowest BCUT2D eigenvalue weighted by atomic mass is 10.1. The van der Waals surface area contributed by atoms with E-state index in [0.29, 0.717) is 17.1 Å². The van der Waals surface area contributed by atoms with Crippen LogP contribution in [0.15, 0.2) is 24.5 Å². The van der Waals surface area contributed by atoms with E-state index in [-0.39, 0.29) is 17.2 Å². The van der Waals surface area contributed by atoms with Crippen molar-refractivity contribution in [3.8, 4) is 22.8 Å². The Labute approximate surface area is 114 Å². The highest BCUT2D eigenvalue weighted by Crippen LogP contribution is 2.38. The van der Waals surface area contributed by atoms with Crippen LogP contribution in [0.5, 0.6) is 11.5 Å². The number of hydrogen-bond acceptors (Lipinski definition) is 7. The molecule has 0 unspecified atom stereocenters. The molecule has 0 aliphatic rings. The molecule has 0 saturated heterocycles. The third-order valence-corrected chi connectivity index (χ3v) is 2.70. The highest BCUT2D eigenvalue weighted by atomic mass is 16.6. The summed E-state index contributed by atoms with van der Waals surface area (Å²) in [7, 11) is 2.97. The molecule has 1 aromatic heterocycles. The van der Waals surface area contributed by atoms with E-state index in [0.717, 1.165) is 0 Å². The first-order valence-corrected chi connectivity index (χ1v) is 5.55. The Kier molecular flexibility index (Phi) is 3.65. The summed E-state index contributed by atoms with van der Waals surface area (Å²) in [6.45, 7) is 0. The van der Waals surface area contributed by atoms with Crippen LogP contribution in [0.3, 0.4) is 0 Å². The van der Waals surface area contributed by atoms with Crippen LogP contribution in [-0.4, -0.2) is 29.1 Å². The summed E-state index contributed by atoms with van der Waals surface area (Å²) >= 11 is 0. The van der Waals surface area contributed by atoms with E-state index in [9.17, 15) is 10.1 Å². The zero-order valence-electron chi connectivity index (χ0n) is 10.9. The molecule has 2 N–H and O–H groups in total. The van der Waals surface area contributed by atoms with Gasteiger partial charge in [-0.2, -0.15) is 0 Å². The van der Waals surface area contributed by atoms with Crippen LogP contribution < -0.4 is 15.2 Å². The minimum Gasteiger partial charge on any atom is -0.497 e. The summed E-state index contributed by atoms with van der Waals surface area (Å²) in [6, 6.07) is 4.88. The van der Waals surface area contributed by atoms with Crippen LogP contribution in [0.25, 0.3) is 11.3 Å². The molecule has 1 heterocycles. The van der Waals surface area contributed by atoms with Crippen molar-refractivity contribution < 1.29 is 14.4 Å². The van der Waals surface area contributed by atoms with Crippen molar-refractivity contribution in [2.45, 2.75) is 0 Å². The standard InChI is InChI=1S/C12H12N4O4/c1-19-7-3-4-8(9(5-7)20-2)10-11(16(17)18)12(13)15-6-14-10/h3-6H,1-2H3,(H2,13,14,15). The molecule has 0 amide bonds. The maximum Gasteiger partial charge on any atom is 0.337 e. The van der Waals surface area contributed by atoms with Gasteiger partial charge < -0.3 is 15.2 Å². The van der Waals surface area contributed by atoms with Crippen molar-refractivity contribution in [1.29, 1.82) is 0 Å². The summed E-state index contributed by atoms with van der Waals surface area (Å²) < 4.78 is 10.3. The van der Waals surface area contributed by atoms with E-state index in [4.69, 9.17) is 15.2 Å². The first kappa shape index (κ1) is 13.5. The highest BCUT2D eigenvalue weighted by Gasteiger charge is 2.24. The number of anilines is 1. The predicted molar refractivity (Wildman–Crippen MR) is 71.6 cm³/mol. The topological polar surface area (TPSA) is 113 Å². The van der Waals surface area contributed by atoms with Crippen LogP contribution in [0.1, 0.15) is 0 Å². The van der Waals surface area contributed by atoms with Crippen LogP contribution in [-0.2, 0) is 0 Å². The molecule has 0 atom stereocenters. The average Bonchev–Trinajstić information content (AvgIpc) is 2.45. The van der Waals surface area contributed by atoms with Gasteiger partial charge >= 0.3 is 5.69 Å². The normalized spacial score (nSPS) is 10.1. The molecule has 20 heavy (non-hydrogen) atoms. The van der Waals surface area contributed by atoms with Gasteiger partial charge in [0.25, 0.3) is 0 Å². The molecule has 0 fully saturated rings. The van der Waals surface area contributed by atoms with E-state index in [1.54, 1.807) is 18.2 Å². The molecule has 104 valence electrons. The summed E-state index contributed by atoms with van der Waals surface area (Å²) in [6.07, 6.45) is 1.17. The molecule has 0 saturated carbocycles. The van der Waals surface area contributed by atoms with E-state index in [2.05, 4.69) is 9.97 Å². The number of aromatic nitrogens is 2. The second-order valence-electron chi connectivity index (χ2n) is 3.78. The van der Waals surface area contributed by atoms with Crippen LogP contribution in [0.2, 0.25) is 0 Å². The fraction of sp³-hybridized carbons (Fsp3) is 0.167. The first-order valence-electron chi connectivity index (χ1n) is 5.55. The fourth-order valence-corrected chi connectivity index (χ4v) is 1.76. The summed E-state index contributed by atoms with van der Waals surface area (Å²) in [5.74, 6) is 0.763. The first-order chi connectivity index (χ1) is 9.58. The zero-order chi connectivity index (χ0) is 14.7. The quantitative estimate of drug-likeness (QED) is 0.667. The van der Waals surface area contributed by atoms with Gasteiger partial charge in [-0.3, -0.25) is 10.1 Å². The second-order valence-corrected chi connectivity index (χ2v) is 3.78. The van der Waals surface area contributed by atoms with E-state index in [1.807, 2.05) is 0 Å². The Bertz CT molecular complexity index is 660.